The molecule has 0 spiro atoms. The molecule has 0 saturated heterocycles. The van der Waals surface area contributed by atoms with Crippen LogP contribution in [0.15, 0.2) is 41.1 Å². The van der Waals surface area contributed by atoms with Crippen LogP contribution in [0.25, 0.3) is 0 Å². The Hall–Kier alpha value is -1.13. The maximum atomic E-state index is 4.19. The van der Waals surface area contributed by atoms with Crippen LogP contribution in [0.2, 0.25) is 0 Å². The van der Waals surface area contributed by atoms with Gasteiger partial charge in [-0.25, -0.2) is 0 Å². The van der Waals surface area contributed by atoms with Crippen LogP contribution in [0.1, 0.15) is 17.2 Å². The largest absolute Gasteiger partial charge is 0.313 e. The molecule has 0 fully saturated rings. The highest BCUT2D eigenvalue weighted by molar-refractivity contribution is 9.10. The molecular weight excluding hydrogens is 278 g/mol. The van der Waals surface area contributed by atoms with Gasteiger partial charge >= 0.3 is 0 Å². The van der Waals surface area contributed by atoms with E-state index in [2.05, 4.69) is 56.8 Å². The average Bonchev–Trinajstić information content (AvgIpc) is 2.73. The number of hydrogen-bond acceptors (Lipinski definition) is 2. The van der Waals surface area contributed by atoms with Gasteiger partial charge in [0.2, 0.25) is 0 Å². The summed E-state index contributed by atoms with van der Waals surface area (Å²) >= 11 is 3.45. The SMILES string of the molecule is CNC(Cc1cnn(C)c1)c1ccc(Br)cc1. The van der Waals surface area contributed by atoms with Gasteiger partial charge in [-0.3, -0.25) is 4.68 Å². The molecule has 1 unspecified atom stereocenters. The molecule has 1 heterocycles. The molecule has 90 valence electrons. The van der Waals surface area contributed by atoms with E-state index >= 15 is 0 Å². The maximum Gasteiger partial charge on any atom is 0.0522 e. The molecule has 1 aromatic carbocycles. The van der Waals surface area contributed by atoms with Crippen molar-refractivity contribution in [3.05, 3.63) is 52.3 Å². The van der Waals surface area contributed by atoms with E-state index < -0.39 is 0 Å². The van der Waals surface area contributed by atoms with E-state index in [1.165, 1.54) is 11.1 Å². The highest BCUT2D eigenvalue weighted by atomic mass is 79.9. The summed E-state index contributed by atoms with van der Waals surface area (Å²) in [4.78, 5) is 0. The minimum atomic E-state index is 0.326. The van der Waals surface area contributed by atoms with Gasteiger partial charge in [-0.05, 0) is 36.7 Å². The normalized spacial score (nSPS) is 12.6. The number of rotatable bonds is 4. The number of nitrogens with one attached hydrogen (secondary N) is 1. The molecular formula is C13H16BrN3. The molecule has 0 aliphatic heterocycles. The lowest BCUT2D eigenvalue weighted by molar-refractivity contribution is 0.591. The van der Waals surface area contributed by atoms with Crippen LogP contribution < -0.4 is 5.32 Å². The van der Waals surface area contributed by atoms with Crippen LogP contribution >= 0.6 is 15.9 Å². The lowest BCUT2D eigenvalue weighted by Gasteiger charge is -2.15. The molecule has 4 heteroatoms. The van der Waals surface area contributed by atoms with Gasteiger partial charge in [0.25, 0.3) is 0 Å². The fourth-order valence-electron chi connectivity index (χ4n) is 1.89. The lowest BCUT2D eigenvalue weighted by atomic mass is 10.0. The minimum Gasteiger partial charge on any atom is -0.313 e. The summed E-state index contributed by atoms with van der Waals surface area (Å²) in [5.41, 5.74) is 2.54. The van der Waals surface area contributed by atoms with Gasteiger partial charge in [-0.2, -0.15) is 5.10 Å². The Morgan fingerprint density at radius 3 is 2.59 bits per heavy atom. The van der Waals surface area contributed by atoms with Crippen molar-refractivity contribution in [3.8, 4) is 0 Å². The molecule has 0 bridgehead atoms. The van der Waals surface area contributed by atoms with E-state index in [-0.39, 0.29) is 0 Å². The fourth-order valence-corrected chi connectivity index (χ4v) is 2.16. The predicted octanol–water partition coefficient (Wildman–Crippen LogP) is 2.69. The average molecular weight is 294 g/mol. The third-order valence-corrected chi connectivity index (χ3v) is 3.35. The van der Waals surface area contributed by atoms with Crippen molar-refractivity contribution in [2.24, 2.45) is 7.05 Å². The second-order valence-corrected chi connectivity index (χ2v) is 5.03. The number of aryl methyl sites for hydroxylation is 1. The number of benzene rings is 1. The summed E-state index contributed by atoms with van der Waals surface area (Å²) in [6.07, 6.45) is 4.93. The molecule has 1 N–H and O–H groups in total. The van der Waals surface area contributed by atoms with Crippen LogP contribution in [0.4, 0.5) is 0 Å². The van der Waals surface area contributed by atoms with Crippen LogP contribution in [0.5, 0.6) is 0 Å². The van der Waals surface area contributed by atoms with Gasteiger partial charge in [0, 0.05) is 23.8 Å². The molecule has 0 radical (unpaired) electrons. The number of hydrogen-bond donors (Lipinski definition) is 1. The molecule has 3 nitrogen and oxygen atoms in total. The third kappa shape index (κ3) is 3.17. The van der Waals surface area contributed by atoms with Crippen LogP contribution in [0.3, 0.4) is 0 Å². The van der Waals surface area contributed by atoms with Gasteiger partial charge in [0.05, 0.1) is 6.20 Å². The minimum absolute atomic E-state index is 0.326. The van der Waals surface area contributed by atoms with Gasteiger partial charge < -0.3 is 5.32 Å². The predicted molar refractivity (Wildman–Crippen MR) is 72.9 cm³/mol. The van der Waals surface area contributed by atoms with Crippen molar-refractivity contribution in [1.29, 1.82) is 0 Å². The van der Waals surface area contributed by atoms with Crippen molar-refractivity contribution in [3.63, 3.8) is 0 Å². The summed E-state index contributed by atoms with van der Waals surface area (Å²) in [7, 11) is 3.93. The summed E-state index contributed by atoms with van der Waals surface area (Å²) in [6, 6.07) is 8.75. The molecule has 2 rings (SSSR count). The van der Waals surface area contributed by atoms with E-state index in [4.69, 9.17) is 0 Å². The molecule has 0 saturated carbocycles. The Morgan fingerprint density at radius 2 is 2.06 bits per heavy atom. The van der Waals surface area contributed by atoms with Gasteiger partial charge in [0.15, 0.2) is 0 Å². The Balaban J connectivity index is 2.13. The van der Waals surface area contributed by atoms with E-state index in [9.17, 15) is 0 Å². The van der Waals surface area contributed by atoms with Gasteiger partial charge in [-0.15, -0.1) is 0 Å². The Labute approximate surface area is 110 Å². The first-order valence-electron chi connectivity index (χ1n) is 5.59. The van der Waals surface area contributed by atoms with E-state index in [0.717, 1.165) is 10.9 Å². The summed E-state index contributed by atoms with van der Waals surface area (Å²) in [5, 5.41) is 7.54. The Kier molecular flexibility index (Phi) is 3.97. The third-order valence-electron chi connectivity index (χ3n) is 2.82. The van der Waals surface area contributed by atoms with Crippen molar-refractivity contribution in [2.75, 3.05) is 7.05 Å². The van der Waals surface area contributed by atoms with Crippen molar-refractivity contribution in [1.82, 2.24) is 15.1 Å². The second-order valence-electron chi connectivity index (χ2n) is 4.12. The zero-order chi connectivity index (χ0) is 12.3. The van der Waals surface area contributed by atoms with Crippen molar-refractivity contribution in [2.45, 2.75) is 12.5 Å². The number of likely N-dealkylation sites (N-methyl/N-ethyl adjacent to an activating group) is 1. The van der Waals surface area contributed by atoms with Crippen molar-refractivity contribution < 1.29 is 0 Å². The number of aromatic nitrogens is 2. The molecule has 0 aliphatic carbocycles. The molecule has 1 atom stereocenters. The molecule has 0 aliphatic rings. The lowest BCUT2D eigenvalue weighted by Crippen LogP contribution is -2.18. The first kappa shape index (κ1) is 12.3. The summed E-state index contributed by atoms with van der Waals surface area (Å²) in [5.74, 6) is 0. The highest BCUT2D eigenvalue weighted by Crippen LogP contribution is 2.20. The molecule has 17 heavy (non-hydrogen) atoms. The van der Waals surface area contributed by atoms with Gasteiger partial charge in [0.1, 0.15) is 0 Å². The van der Waals surface area contributed by atoms with E-state index in [1.807, 2.05) is 25.0 Å². The molecule has 0 amide bonds. The van der Waals surface area contributed by atoms with Crippen LogP contribution in [-0.4, -0.2) is 16.8 Å². The molecule has 1 aromatic heterocycles. The highest BCUT2D eigenvalue weighted by Gasteiger charge is 2.10. The first-order valence-corrected chi connectivity index (χ1v) is 6.38. The number of nitrogens with zero attached hydrogens (tertiary/aromatic N) is 2. The standard InChI is InChI=1S/C13H16BrN3/c1-15-13(7-10-8-16-17(2)9-10)11-3-5-12(14)6-4-11/h3-6,8-9,13,15H,7H2,1-2H3. The molecule has 2 aromatic rings. The smallest absolute Gasteiger partial charge is 0.0522 e. The van der Waals surface area contributed by atoms with Crippen molar-refractivity contribution >= 4 is 15.9 Å². The Bertz CT molecular complexity index is 476. The van der Waals surface area contributed by atoms with E-state index in [0.29, 0.717) is 6.04 Å². The first-order chi connectivity index (χ1) is 8.19. The number of halogens is 1. The summed E-state index contributed by atoms with van der Waals surface area (Å²) in [6.45, 7) is 0. The topological polar surface area (TPSA) is 29.9 Å². The van der Waals surface area contributed by atoms with Gasteiger partial charge in [-0.1, -0.05) is 28.1 Å². The Morgan fingerprint density at radius 1 is 1.35 bits per heavy atom. The summed E-state index contributed by atoms with van der Waals surface area (Å²) < 4.78 is 2.95. The quantitative estimate of drug-likeness (QED) is 0.939. The van der Waals surface area contributed by atoms with Crippen LogP contribution in [0, 0.1) is 0 Å². The zero-order valence-corrected chi connectivity index (χ0v) is 11.6. The zero-order valence-electron chi connectivity index (χ0n) is 10.0. The fraction of sp³-hybridized carbons (Fsp3) is 0.308. The maximum absolute atomic E-state index is 4.19. The van der Waals surface area contributed by atoms with E-state index in [1.54, 1.807) is 0 Å². The second kappa shape index (κ2) is 5.47. The monoisotopic (exact) mass is 293 g/mol. The van der Waals surface area contributed by atoms with Crippen LogP contribution in [-0.2, 0) is 13.5 Å².